The van der Waals surface area contributed by atoms with Gasteiger partial charge in [0.1, 0.15) is 11.6 Å². The Balaban J connectivity index is 1.50. The number of hydrogen-bond acceptors (Lipinski definition) is 5. The number of carbonyl (C=O) groups excluding carboxylic acids is 1. The van der Waals surface area contributed by atoms with Crippen LogP contribution in [-0.4, -0.2) is 33.9 Å². The summed E-state index contributed by atoms with van der Waals surface area (Å²) in [6, 6.07) is 5.02. The summed E-state index contributed by atoms with van der Waals surface area (Å²) in [6.07, 6.45) is 3.48. The fraction of sp³-hybridized carbons (Fsp3) is 0.267. The van der Waals surface area contributed by atoms with Gasteiger partial charge in [0.05, 0.1) is 18.4 Å². The zero-order chi connectivity index (χ0) is 15.8. The fourth-order valence-corrected chi connectivity index (χ4v) is 3.63. The second-order valence-corrected chi connectivity index (χ2v) is 6.29. The van der Waals surface area contributed by atoms with Crippen molar-refractivity contribution >= 4 is 22.8 Å². The van der Waals surface area contributed by atoms with Crippen LogP contribution in [0.4, 0.5) is 4.39 Å². The molecule has 3 aromatic heterocycles. The van der Waals surface area contributed by atoms with E-state index in [0.717, 1.165) is 21.8 Å². The molecule has 1 aliphatic heterocycles. The Hall–Kier alpha value is -2.32. The van der Waals surface area contributed by atoms with Crippen molar-refractivity contribution in [2.24, 2.45) is 0 Å². The van der Waals surface area contributed by atoms with Crippen LogP contribution in [0, 0.1) is 5.13 Å². The van der Waals surface area contributed by atoms with Crippen molar-refractivity contribution in [2.45, 2.75) is 12.5 Å². The number of hydrogen-bond donors (Lipinski definition) is 1. The van der Waals surface area contributed by atoms with Gasteiger partial charge in [-0.25, -0.2) is 0 Å². The molecule has 0 aliphatic carbocycles. The van der Waals surface area contributed by atoms with Crippen LogP contribution in [-0.2, 0) is 11.2 Å². The molecule has 1 atom stereocenters. The van der Waals surface area contributed by atoms with Crippen molar-refractivity contribution in [1.29, 1.82) is 0 Å². The number of ether oxygens (including phenoxy) is 1. The highest BCUT2D eigenvalue weighted by molar-refractivity contribution is 7.10. The number of thiophene rings is 1. The summed E-state index contributed by atoms with van der Waals surface area (Å²) in [5, 5.41) is 10.7. The van der Waals surface area contributed by atoms with Gasteiger partial charge in [-0.1, -0.05) is 0 Å². The molecule has 0 saturated heterocycles. The molecule has 1 aliphatic rings. The highest BCUT2D eigenvalue weighted by Gasteiger charge is 2.25. The summed E-state index contributed by atoms with van der Waals surface area (Å²) < 4.78 is 20.5. The number of nitrogens with zero attached hydrogens (tertiary/aromatic N) is 3. The molecule has 0 saturated carbocycles. The Labute approximate surface area is 134 Å². The Morgan fingerprint density at radius 1 is 1.52 bits per heavy atom. The minimum absolute atomic E-state index is 0.217. The first-order valence-electron chi connectivity index (χ1n) is 7.19. The summed E-state index contributed by atoms with van der Waals surface area (Å²) in [7, 11) is 0. The first kappa shape index (κ1) is 14.3. The summed E-state index contributed by atoms with van der Waals surface area (Å²) in [6.45, 7) is 0.827. The fourth-order valence-electron chi connectivity index (χ4n) is 2.72. The van der Waals surface area contributed by atoms with E-state index < -0.39 is 0 Å². The number of halogens is 1. The van der Waals surface area contributed by atoms with E-state index >= 15 is 0 Å². The average molecular weight is 332 g/mol. The van der Waals surface area contributed by atoms with Crippen LogP contribution in [0.5, 0.6) is 0 Å². The molecule has 4 rings (SSSR count). The lowest BCUT2D eigenvalue weighted by atomic mass is 10.1. The number of carbonyl (C=O) groups is 1. The first-order chi connectivity index (χ1) is 11.2. The molecule has 1 N–H and O–H groups in total. The van der Waals surface area contributed by atoms with E-state index in [0.29, 0.717) is 30.7 Å². The molecule has 0 fully saturated rings. The Morgan fingerprint density at radius 3 is 3.35 bits per heavy atom. The summed E-state index contributed by atoms with van der Waals surface area (Å²) in [4.78, 5) is 13.4. The van der Waals surface area contributed by atoms with Crippen LogP contribution in [0.25, 0.3) is 5.52 Å². The molecule has 3 aromatic rings. The molecule has 4 heterocycles. The predicted molar refractivity (Wildman–Crippen MR) is 82.0 cm³/mol. The van der Waals surface area contributed by atoms with Gasteiger partial charge in [0.25, 0.3) is 5.91 Å². The van der Waals surface area contributed by atoms with E-state index in [2.05, 4.69) is 15.5 Å². The van der Waals surface area contributed by atoms with Crippen LogP contribution < -0.4 is 5.32 Å². The van der Waals surface area contributed by atoms with Crippen molar-refractivity contribution in [3.05, 3.63) is 51.7 Å². The SMILES string of the molecule is O=C(NCC1OCCc2sc(F)cc21)c1cnn2ncccc12. The van der Waals surface area contributed by atoms with Crippen molar-refractivity contribution in [3.8, 4) is 0 Å². The summed E-state index contributed by atoms with van der Waals surface area (Å²) in [5.41, 5.74) is 1.92. The molecule has 23 heavy (non-hydrogen) atoms. The van der Waals surface area contributed by atoms with Crippen LogP contribution in [0.15, 0.2) is 30.6 Å². The number of rotatable bonds is 3. The third kappa shape index (κ3) is 2.60. The van der Waals surface area contributed by atoms with Gasteiger partial charge in [0, 0.05) is 24.0 Å². The zero-order valence-electron chi connectivity index (χ0n) is 12.0. The third-order valence-electron chi connectivity index (χ3n) is 3.80. The van der Waals surface area contributed by atoms with Crippen molar-refractivity contribution in [1.82, 2.24) is 20.1 Å². The lowest BCUT2D eigenvalue weighted by molar-refractivity contribution is 0.0422. The third-order valence-corrected chi connectivity index (χ3v) is 4.80. The van der Waals surface area contributed by atoms with Crippen LogP contribution >= 0.6 is 11.3 Å². The lowest BCUT2D eigenvalue weighted by Gasteiger charge is -2.23. The molecule has 1 unspecified atom stereocenters. The van der Waals surface area contributed by atoms with E-state index in [1.807, 2.05) is 0 Å². The van der Waals surface area contributed by atoms with Gasteiger partial charge in [-0.2, -0.15) is 19.2 Å². The maximum absolute atomic E-state index is 13.4. The van der Waals surface area contributed by atoms with Crippen LogP contribution in [0.3, 0.4) is 0 Å². The second kappa shape index (κ2) is 5.71. The van der Waals surface area contributed by atoms with Crippen molar-refractivity contribution < 1.29 is 13.9 Å². The topological polar surface area (TPSA) is 68.5 Å². The molecular weight excluding hydrogens is 319 g/mol. The number of nitrogens with one attached hydrogen (secondary N) is 1. The van der Waals surface area contributed by atoms with Gasteiger partial charge in [0.15, 0.2) is 5.13 Å². The van der Waals surface area contributed by atoms with E-state index in [4.69, 9.17) is 4.74 Å². The van der Waals surface area contributed by atoms with Gasteiger partial charge >= 0.3 is 0 Å². The quantitative estimate of drug-likeness (QED) is 0.796. The largest absolute Gasteiger partial charge is 0.371 e. The Morgan fingerprint density at radius 2 is 2.43 bits per heavy atom. The monoisotopic (exact) mass is 332 g/mol. The lowest BCUT2D eigenvalue weighted by Crippen LogP contribution is -2.31. The van der Waals surface area contributed by atoms with E-state index in [-0.39, 0.29) is 17.1 Å². The van der Waals surface area contributed by atoms with Gasteiger partial charge in [-0.15, -0.1) is 11.3 Å². The molecule has 118 valence electrons. The highest BCUT2D eigenvalue weighted by atomic mass is 32.1. The molecule has 0 radical (unpaired) electrons. The number of fused-ring (bicyclic) bond motifs is 2. The van der Waals surface area contributed by atoms with Crippen molar-refractivity contribution in [3.63, 3.8) is 0 Å². The molecular formula is C15H13FN4O2S. The Bertz CT molecular complexity index is 875. The molecule has 0 bridgehead atoms. The molecule has 0 spiro atoms. The number of aromatic nitrogens is 3. The van der Waals surface area contributed by atoms with E-state index in [1.54, 1.807) is 18.3 Å². The summed E-state index contributed by atoms with van der Waals surface area (Å²) >= 11 is 1.15. The second-order valence-electron chi connectivity index (χ2n) is 5.21. The van der Waals surface area contributed by atoms with Gasteiger partial charge < -0.3 is 10.1 Å². The van der Waals surface area contributed by atoms with Gasteiger partial charge in [-0.05, 0) is 23.8 Å². The standard InChI is InChI=1S/C15H13FN4O2S/c16-14-6-9-12(22-5-3-13(9)23-14)8-17-15(21)10-7-19-20-11(10)2-1-4-18-20/h1-2,4,6-7,12H,3,5,8H2,(H,17,21). The minimum atomic E-state index is -0.316. The molecule has 6 nitrogen and oxygen atoms in total. The van der Waals surface area contributed by atoms with Gasteiger partial charge in [0.2, 0.25) is 0 Å². The molecule has 8 heteroatoms. The molecule has 1 amide bonds. The number of amides is 1. The van der Waals surface area contributed by atoms with Crippen LogP contribution in [0.2, 0.25) is 0 Å². The highest BCUT2D eigenvalue weighted by Crippen LogP contribution is 2.32. The van der Waals surface area contributed by atoms with Crippen molar-refractivity contribution in [2.75, 3.05) is 13.2 Å². The normalized spacial score (nSPS) is 17.2. The smallest absolute Gasteiger partial charge is 0.255 e. The Kier molecular flexibility index (Phi) is 3.55. The van der Waals surface area contributed by atoms with Gasteiger partial charge in [-0.3, -0.25) is 4.79 Å². The summed E-state index contributed by atoms with van der Waals surface area (Å²) in [5.74, 6) is -0.251. The maximum Gasteiger partial charge on any atom is 0.255 e. The average Bonchev–Trinajstić information content (AvgIpc) is 3.15. The first-order valence-corrected chi connectivity index (χ1v) is 8.01. The van der Waals surface area contributed by atoms with Crippen LogP contribution in [0.1, 0.15) is 26.9 Å². The maximum atomic E-state index is 13.4. The minimum Gasteiger partial charge on any atom is -0.371 e. The zero-order valence-corrected chi connectivity index (χ0v) is 12.8. The molecule has 0 aromatic carbocycles. The van der Waals surface area contributed by atoms with E-state index in [1.165, 1.54) is 16.9 Å². The predicted octanol–water partition coefficient (Wildman–Crippen LogP) is 1.97. The van der Waals surface area contributed by atoms with E-state index in [9.17, 15) is 9.18 Å².